The second-order valence-electron chi connectivity index (χ2n) is 2.97. The standard InChI is InChI=1S/C7H16N4O/c1-5(4-6(8)9)10-7(12)11(2)3/h5H,4H2,1-3H3,(H3,8,9)(H,10,12). The summed E-state index contributed by atoms with van der Waals surface area (Å²) in [6, 6.07) is -0.249. The minimum atomic E-state index is -0.163. The Morgan fingerprint density at radius 2 is 2.17 bits per heavy atom. The van der Waals surface area contributed by atoms with Crippen LogP contribution in [0.25, 0.3) is 0 Å². The monoisotopic (exact) mass is 172 g/mol. The molecule has 1 unspecified atom stereocenters. The normalized spacial score (nSPS) is 11.9. The van der Waals surface area contributed by atoms with Gasteiger partial charge in [-0.15, -0.1) is 0 Å². The lowest BCUT2D eigenvalue weighted by Crippen LogP contribution is -2.41. The lowest BCUT2D eigenvalue weighted by molar-refractivity contribution is 0.214. The molecule has 0 aliphatic carbocycles. The van der Waals surface area contributed by atoms with Crippen molar-refractivity contribution in [3.63, 3.8) is 0 Å². The number of hydrogen-bond acceptors (Lipinski definition) is 2. The first-order chi connectivity index (χ1) is 5.43. The van der Waals surface area contributed by atoms with Gasteiger partial charge in [-0.05, 0) is 6.92 Å². The van der Waals surface area contributed by atoms with Crippen LogP contribution >= 0.6 is 0 Å². The van der Waals surface area contributed by atoms with E-state index < -0.39 is 0 Å². The van der Waals surface area contributed by atoms with Crippen LogP contribution in [0.4, 0.5) is 4.79 Å². The van der Waals surface area contributed by atoms with E-state index in [0.717, 1.165) is 0 Å². The Kier molecular flexibility index (Phi) is 4.10. The molecule has 0 radical (unpaired) electrons. The van der Waals surface area contributed by atoms with Crippen LogP contribution in [0.5, 0.6) is 0 Å². The van der Waals surface area contributed by atoms with Crippen LogP contribution in [-0.2, 0) is 0 Å². The molecule has 0 aromatic rings. The van der Waals surface area contributed by atoms with Gasteiger partial charge in [0.25, 0.3) is 0 Å². The van der Waals surface area contributed by atoms with Crippen LogP contribution in [0.1, 0.15) is 13.3 Å². The number of carbonyl (C=O) groups excluding carboxylic acids is 1. The zero-order valence-electron chi connectivity index (χ0n) is 7.72. The SMILES string of the molecule is CC(CC(=N)N)NC(=O)N(C)C. The number of amides is 2. The fraction of sp³-hybridized carbons (Fsp3) is 0.714. The Hall–Kier alpha value is -1.26. The summed E-state index contributed by atoms with van der Waals surface area (Å²) >= 11 is 0. The van der Waals surface area contributed by atoms with Crippen molar-refractivity contribution in [1.29, 1.82) is 5.41 Å². The van der Waals surface area contributed by atoms with Gasteiger partial charge in [0.15, 0.2) is 0 Å². The van der Waals surface area contributed by atoms with Gasteiger partial charge in [-0.1, -0.05) is 0 Å². The molecule has 0 spiro atoms. The van der Waals surface area contributed by atoms with Crippen molar-refractivity contribution in [3.8, 4) is 0 Å². The van der Waals surface area contributed by atoms with Crippen molar-refractivity contribution >= 4 is 11.9 Å². The molecule has 0 saturated carbocycles. The Bertz CT molecular complexity index is 178. The van der Waals surface area contributed by atoms with Gasteiger partial charge in [0, 0.05) is 26.6 Å². The van der Waals surface area contributed by atoms with Crippen LogP contribution < -0.4 is 11.1 Å². The number of rotatable bonds is 3. The van der Waals surface area contributed by atoms with Gasteiger partial charge in [0.05, 0.1) is 5.84 Å². The molecule has 0 saturated heterocycles. The summed E-state index contributed by atoms with van der Waals surface area (Å²) in [7, 11) is 3.33. The average molecular weight is 172 g/mol. The molecule has 4 N–H and O–H groups in total. The molecular weight excluding hydrogens is 156 g/mol. The van der Waals surface area contributed by atoms with Gasteiger partial charge < -0.3 is 16.0 Å². The molecule has 70 valence electrons. The number of urea groups is 1. The molecule has 1 atom stereocenters. The van der Waals surface area contributed by atoms with Crippen LogP contribution in [-0.4, -0.2) is 36.9 Å². The molecule has 5 nitrogen and oxygen atoms in total. The maximum atomic E-state index is 11.0. The second kappa shape index (κ2) is 4.58. The minimum Gasteiger partial charge on any atom is -0.388 e. The first kappa shape index (κ1) is 10.7. The summed E-state index contributed by atoms with van der Waals surface area (Å²) in [6.45, 7) is 1.81. The van der Waals surface area contributed by atoms with Crippen molar-refractivity contribution in [2.24, 2.45) is 5.73 Å². The van der Waals surface area contributed by atoms with Crippen molar-refractivity contribution in [2.45, 2.75) is 19.4 Å². The zero-order valence-corrected chi connectivity index (χ0v) is 7.72. The summed E-state index contributed by atoms with van der Waals surface area (Å²) < 4.78 is 0. The smallest absolute Gasteiger partial charge is 0.317 e. The van der Waals surface area contributed by atoms with Crippen molar-refractivity contribution in [1.82, 2.24) is 10.2 Å². The molecule has 0 rings (SSSR count). The van der Waals surface area contributed by atoms with E-state index in [1.807, 2.05) is 6.92 Å². The topological polar surface area (TPSA) is 82.2 Å². The Morgan fingerprint density at radius 3 is 2.50 bits per heavy atom. The zero-order chi connectivity index (χ0) is 9.72. The molecule has 0 aliphatic heterocycles. The van der Waals surface area contributed by atoms with Crippen molar-refractivity contribution < 1.29 is 4.79 Å². The highest BCUT2D eigenvalue weighted by Gasteiger charge is 2.08. The molecule has 2 amide bonds. The summed E-state index contributed by atoms with van der Waals surface area (Å²) in [4.78, 5) is 12.5. The highest BCUT2D eigenvalue weighted by atomic mass is 16.2. The van der Waals surface area contributed by atoms with Crippen LogP contribution in [0.15, 0.2) is 0 Å². The first-order valence-corrected chi connectivity index (χ1v) is 3.74. The summed E-state index contributed by atoms with van der Waals surface area (Å²) in [5.41, 5.74) is 5.16. The molecule has 0 aliphatic rings. The van der Waals surface area contributed by atoms with Crippen LogP contribution in [0.2, 0.25) is 0 Å². The first-order valence-electron chi connectivity index (χ1n) is 3.74. The average Bonchev–Trinajstić information content (AvgIpc) is 1.84. The Morgan fingerprint density at radius 1 is 1.67 bits per heavy atom. The van der Waals surface area contributed by atoms with Crippen LogP contribution in [0.3, 0.4) is 0 Å². The van der Waals surface area contributed by atoms with Crippen LogP contribution in [0, 0.1) is 5.41 Å². The van der Waals surface area contributed by atoms with Gasteiger partial charge in [0.2, 0.25) is 0 Å². The predicted molar refractivity (Wildman–Crippen MR) is 48.2 cm³/mol. The number of nitrogens with one attached hydrogen (secondary N) is 2. The van der Waals surface area contributed by atoms with E-state index in [1.54, 1.807) is 14.1 Å². The molecule has 0 heterocycles. The number of carbonyl (C=O) groups is 1. The lowest BCUT2D eigenvalue weighted by Gasteiger charge is -2.16. The van der Waals surface area contributed by atoms with Gasteiger partial charge in [-0.3, -0.25) is 5.41 Å². The molecule has 0 aromatic carbocycles. The fourth-order valence-electron chi connectivity index (χ4n) is 0.721. The van der Waals surface area contributed by atoms with Crippen molar-refractivity contribution in [3.05, 3.63) is 0 Å². The maximum absolute atomic E-state index is 11.0. The van der Waals surface area contributed by atoms with Gasteiger partial charge in [0.1, 0.15) is 0 Å². The van der Waals surface area contributed by atoms with Crippen molar-refractivity contribution in [2.75, 3.05) is 14.1 Å². The number of nitrogens with zero attached hydrogens (tertiary/aromatic N) is 1. The fourth-order valence-corrected chi connectivity index (χ4v) is 0.721. The third kappa shape index (κ3) is 4.54. The highest BCUT2D eigenvalue weighted by molar-refractivity contribution is 5.79. The van der Waals surface area contributed by atoms with E-state index >= 15 is 0 Å². The van der Waals surface area contributed by atoms with Gasteiger partial charge >= 0.3 is 6.03 Å². The maximum Gasteiger partial charge on any atom is 0.317 e. The van der Waals surface area contributed by atoms with E-state index in [9.17, 15) is 4.79 Å². The summed E-state index contributed by atoms with van der Waals surface area (Å²) in [5, 5.41) is 9.67. The van der Waals surface area contributed by atoms with E-state index in [1.165, 1.54) is 4.90 Å². The van der Waals surface area contributed by atoms with E-state index in [-0.39, 0.29) is 17.9 Å². The van der Waals surface area contributed by atoms with Gasteiger partial charge in [-0.25, -0.2) is 4.79 Å². The lowest BCUT2D eigenvalue weighted by atomic mass is 10.2. The number of amidine groups is 1. The molecule has 12 heavy (non-hydrogen) atoms. The third-order valence-electron chi connectivity index (χ3n) is 1.30. The molecule has 0 bridgehead atoms. The Labute approximate surface area is 72.4 Å². The summed E-state index contributed by atoms with van der Waals surface area (Å²) in [6.07, 6.45) is 0.388. The predicted octanol–water partition coefficient (Wildman–Crippen LogP) is -0.0278. The minimum absolute atomic E-state index is 0.0848. The number of nitrogens with two attached hydrogens (primary N) is 1. The largest absolute Gasteiger partial charge is 0.388 e. The van der Waals surface area contributed by atoms with E-state index in [2.05, 4.69) is 5.32 Å². The third-order valence-corrected chi connectivity index (χ3v) is 1.30. The Balaban J connectivity index is 3.76. The van der Waals surface area contributed by atoms with E-state index in [4.69, 9.17) is 11.1 Å². The highest BCUT2D eigenvalue weighted by Crippen LogP contribution is 1.90. The molecular formula is C7H16N4O. The molecule has 5 heteroatoms. The van der Waals surface area contributed by atoms with Gasteiger partial charge in [-0.2, -0.15) is 0 Å². The molecule has 0 fully saturated rings. The summed E-state index contributed by atoms with van der Waals surface area (Å²) in [5.74, 6) is 0.0848. The molecule has 0 aromatic heterocycles. The van der Waals surface area contributed by atoms with E-state index in [0.29, 0.717) is 6.42 Å². The number of hydrogen-bond donors (Lipinski definition) is 3. The second-order valence-corrected chi connectivity index (χ2v) is 2.97. The quantitative estimate of drug-likeness (QED) is 0.413.